The largest absolute Gasteiger partial charge is 0.393 e. The first-order valence-electron chi connectivity index (χ1n) is 8.50. The highest BCUT2D eigenvalue weighted by Gasteiger charge is 2.40. The van der Waals surface area contributed by atoms with Crippen LogP contribution in [0.3, 0.4) is 0 Å². The number of carbonyl (C=O) groups excluding carboxylic acids is 1. The maximum atomic E-state index is 11.9. The Kier molecular flexibility index (Phi) is 6.68. The van der Waals surface area contributed by atoms with Gasteiger partial charge >= 0.3 is 0 Å². The normalized spacial score (nSPS) is 35.8. The molecule has 0 radical (unpaired) electrons. The summed E-state index contributed by atoms with van der Waals surface area (Å²) in [5, 5.41) is 28.7. The molecule has 5 N–H and O–H groups in total. The van der Waals surface area contributed by atoms with E-state index < -0.39 is 24.7 Å². The van der Waals surface area contributed by atoms with Gasteiger partial charge in [0.05, 0.1) is 12.7 Å². The highest BCUT2D eigenvalue weighted by molar-refractivity contribution is 6.20. The van der Waals surface area contributed by atoms with Gasteiger partial charge < -0.3 is 26.0 Å². The minimum atomic E-state index is -1.33. The van der Waals surface area contributed by atoms with E-state index in [4.69, 9.17) is 22.4 Å². The van der Waals surface area contributed by atoms with Gasteiger partial charge in [0, 0.05) is 30.4 Å². The van der Waals surface area contributed by atoms with Gasteiger partial charge in [-0.1, -0.05) is 6.92 Å². The Morgan fingerprint density at radius 1 is 1.35 bits per heavy atom. The molecular formula is C16H29ClN2O4. The molecule has 23 heavy (non-hydrogen) atoms. The first-order valence-corrected chi connectivity index (χ1v) is 8.94. The van der Waals surface area contributed by atoms with Gasteiger partial charge in [-0.2, -0.15) is 0 Å². The van der Waals surface area contributed by atoms with E-state index in [1.54, 1.807) is 4.90 Å². The zero-order valence-electron chi connectivity index (χ0n) is 13.6. The smallest absolute Gasteiger partial charge is 0.253 e. The zero-order chi connectivity index (χ0) is 17.1. The van der Waals surface area contributed by atoms with Crippen molar-refractivity contribution in [3.8, 4) is 0 Å². The molecule has 6 atom stereocenters. The molecule has 1 amide bonds. The minimum Gasteiger partial charge on any atom is -0.393 e. The van der Waals surface area contributed by atoms with E-state index >= 15 is 0 Å². The lowest BCUT2D eigenvalue weighted by atomic mass is 9.72. The van der Waals surface area contributed by atoms with Crippen molar-refractivity contribution in [2.75, 3.05) is 19.7 Å². The maximum absolute atomic E-state index is 11.9. The van der Waals surface area contributed by atoms with Crippen LogP contribution in [0.4, 0.5) is 0 Å². The third-order valence-electron chi connectivity index (χ3n) is 5.57. The van der Waals surface area contributed by atoms with Gasteiger partial charge in [-0.3, -0.25) is 4.79 Å². The molecule has 4 unspecified atom stereocenters. The number of likely N-dealkylation sites (tertiary alicyclic amines) is 1. The summed E-state index contributed by atoms with van der Waals surface area (Å²) in [5.41, 5.74) is 6.42. The van der Waals surface area contributed by atoms with Crippen molar-refractivity contribution in [1.82, 2.24) is 4.90 Å². The fourth-order valence-corrected chi connectivity index (χ4v) is 4.22. The number of nitrogens with zero attached hydrogens (tertiary/aromatic N) is 1. The number of carbonyl (C=O) groups is 1. The maximum Gasteiger partial charge on any atom is 0.253 e. The van der Waals surface area contributed by atoms with E-state index in [2.05, 4.69) is 6.92 Å². The number of nitrogens with two attached hydrogens (primary N) is 1. The molecule has 1 aliphatic carbocycles. The zero-order valence-corrected chi connectivity index (χ0v) is 14.4. The first-order chi connectivity index (χ1) is 10.8. The summed E-state index contributed by atoms with van der Waals surface area (Å²) in [6.07, 6.45) is 1.16. The van der Waals surface area contributed by atoms with Crippen LogP contribution in [-0.2, 0) is 4.79 Å². The molecule has 134 valence electrons. The number of hydrogen-bond acceptors (Lipinski definition) is 5. The molecule has 2 aliphatic rings. The van der Waals surface area contributed by atoms with E-state index in [-0.39, 0.29) is 23.3 Å². The van der Waals surface area contributed by atoms with E-state index in [0.29, 0.717) is 25.4 Å². The molecule has 1 heterocycles. The van der Waals surface area contributed by atoms with Gasteiger partial charge in [0.2, 0.25) is 0 Å². The highest BCUT2D eigenvalue weighted by Crippen LogP contribution is 2.37. The van der Waals surface area contributed by atoms with Crippen LogP contribution >= 0.6 is 11.6 Å². The van der Waals surface area contributed by atoms with Crippen LogP contribution in [0.1, 0.15) is 32.6 Å². The SMILES string of the molecule is CC1CC(O)C([C@H](N)C2CCN(C(=O)[C@H](O)CO)CC2)CC1Cl. The number of halogens is 1. The predicted molar refractivity (Wildman–Crippen MR) is 87.9 cm³/mol. The third-order valence-corrected chi connectivity index (χ3v) is 6.18. The molecule has 1 saturated carbocycles. The number of hydrogen-bond donors (Lipinski definition) is 4. The molecule has 0 aromatic rings. The summed E-state index contributed by atoms with van der Waals surface area (Å²) in [4.78, 5) is 13.4. The van der Waals surface area contributed by atoms with E-state index in [0.717, 1.165) is 19.3 Å². The van der Waals surface area contributed by atoms with Gasteiger partial charge in [-0.15, -0.1) is 11.6 Å². The van der Waals surface area contributed by atoms with Gasteiger partial charge in [0.15, 0.2) is 6.10 Å². The highest BCUT2D eigenvalue weighted by atomic mass is 35.5. The molecule has 0 aromatic heterocycles. The minimum absolute atomic E-state index is 0.00369. The third kappa shape index (κ3) is 4.37. The van der Waals surface area contributed by atoms with E-state index in [9.17, 15) is 15.0 Å². The van der Waals surface area contributed by atoms with Crippen LogP contribution < -0.4 is 5.73 Å². The Bertz CT molecular complexity index is 404. The summed E-state index contributed by atoms with van der Waals surface area (Å²) in [6, 6.07) is -0.126. The molecule has 2 rings (SSSR count). The van der Waals surface area contributed by atoms with Gasteiger partial charge in [-0.25, -0.2) is 0 Å². The van der Waals surface area contributed by atoms with Crippen molar-refractivity contribution in [3.63, 3.8) is 0 Å². The van der Waals surface area contributed by atoms with Crippen molar-refractivity contribution in [2.45, 2.75) is 56.2 Å². The molecular weight excluding hydrogens is 320 g/mol. The van der Waals surface area contributed by atoms with Crippen molar-refractivity contribution < 1.29 is 20.1 Å². The number of amides is 1. The average Bonchev–Trinajstić information content (AvgIpc) is 2.56. The topological polar surface area (TPSA) is 107 Å². The summed E-state index contributed by atoms with van der Waals surface area (Å²) in [5.74, 6) is 0.118. The molecule has 0 spiro atoms. The second-order valence-electron chi connectivity index (χ2n) is 7.13. The van der Waals surface area contributed by atoms with Gasteiger partial charge in [0.25, 0.3) is 5.91 Å². The lowest BCUT2D eigenvalue weighted by molar-refractivity contribution is -0.143. The molecule has 6 nitrogen and oxygen atoms in total. The quantitative estimate of drug-likeness (QED) is 0.532. The molecule has 7 heteroatoms. The van der Waals surface area contributed by atoms with Crippen molar-refractivity contribution in [3.05, 3.63) is 0 Å². The summed E-state index contributed by atoms with van der Waals surface area (Å²) in [7, 11) is 0. The molecule has 2 fully saturated rings. The number of aliphatic hydroxyl groups excluding tert-OH is 3. The van der Waals surface area contributed by atoms with Crippen molar-refractivity contribution in [2.24, 2.45) is 23.5 Å². The van der Waals surface area contributed by atoms with Gasteiger partial charge in [-0.05, 0) is 37.5 Å². The molecule has 1 aliphatic heterocycles. The Morgan fingerprint density at radius 3 is 2.52 bits per heavy atom. The summed E-state index contributed by atoms with van der Waals surface area (Å²) >= 11 is 6.35. The number of piperidine rings is 1. The van der Waals surface area contributed by atoms with E-state index in [1.165, 1.54) is 0 Å². The van der Waals surface area contributed by atoms with Crippen molar-refractivity contribution >= 4 is 17.5 Å². The number of rotatable bonds is 4. The average molecular weight is 349 g/mol. The van der Waals surface area contributed by atoms with Crippen LogP contribution in [0, 0.1) is 17.8 Å². The van der Waals surface area contributed by atoms with Crippen LogP contribution in [0.15, 0.2) is 0 Å². The molecule has 0 aromatic carbocycles. The molecule has 1 saturated heterocycles. The Labute approximate surface area is 142 Å². The molecule has 0 bridgehead atoms. The monoisotopic (exact) mass is 348 g/mol. The van der Waals surface area contributed by atoms with Crippen LogP contribution in [-0.4, -0.2) is 69.4 Å². The number of alkyl halides is 1. The number of aliphatic hydroxyl groups is 3. The Morgan fingerprint density at radius 2 is 1.96 bits per heavy atom. The van der Waals surface area contributed by atoms with Crippen LogP contribution in [0.25, 0.3) is 0 Å². The standard InChI is InChI=1S/C16H29ClN2O4/c1-9-6-13(21)11(7-12(9)17)15(18)10-2-4-19(5-3-10)16(23)14(22)8-20/h9-15,20-22H,2-8,18H2,1H3/t9?,11?,12?,13?,14-,15-/m1/s1. The lowest BCUT2D eigenvalue weighted by Gasteiger charge is -2.43. The van der Waals surface area contributed by atoms with Gasteiger partial charge in [0.1, 0.15) is 0 Å². The second-order valence-corrected chi connectivity index (χ2v) is 7.69. The fraction of sp³-hybridized carbons (Fsp3) is 0.938. The van der Waals surface area contributed by atoms with E-state index in [1.807, 2.05) is 0 Å². The lowest BCUT2D eigenvalue weighted by Crippen LogP contribution is -2.52. The first kappa shape index (κ1) is 18.9. The predicted octanol–water partition coefficient (Wildman–Crippen LogP) is -0.0801. The van der Waals surface area contributed by atoms with Crippen LogP contribution in [0.5, 0.6) is 0 Å². The summed E-state index contributed by atoms with van der Waals surface area (Å²) < 4.78 is 0. The van der Waals surface area contributed by atoms with Crippen molar-refractivity contribution in [1.29, 1.82) is 0 Å². The second kappa shape index (κ2) is 8.12. The summed E-state index contributed by atoms with van der Waals surface area (Å²) in [6.45, 7) is 2.55. The fourth-order valence-electron chi connectivity index (χ4n) is 3.91. The van der Waals surface area contributed by atoms with Crippen LogP contribution in [0.2, 0.25) is 0 Å². The Balaban J connectivity index is 1.88. The Hall–Kier alpha value is -0.400.